The zero-order valence-corrected chi connectivity index (χ0v) is 19.6. The molecule has 8 nitrogen and oxygen atoms in total. The second kappa shape index (κ2) is 9.77. The fraction of sp³-hybridized carbons (Fsp3) is 0.636. The van der Waals surface area contributed by atoms with Crippen LogP contribution in [-0.2, 0) is 35.4 Å². The standard InChI is InChI=1S/C22H33NO7S/c1-21(2)14-29-22(3,4)30-19(21)17(24)7-6-8-18(25)20(26)23-13-15-9-11-16(12-10-15)31(5,27)28/h9-12,18-19,25H,6-8,13-14H2,1-5H3,(H,23,26)/t18?,19-/m0/s1. The maximum absolute atomic E-state index is 12.7. The molecule has 2 atom stereocenters. The van der Waals surface area contributed by atoms with Gasteiger partial charge in [-0.1, -0.05) is 26.0 Å². The predicted octanol–water partition coefficient (Wildman–Crippen LogP) is 1.98. The van der Waals surface area contributed by atoms with Gasteiger partial charge in [0.15, 0.2) is 21.4 Å². The molecule has 31 heavy (non-hydrogen) atoms. The summed E-state index contributed by atoms with van der Waals surface area (Å²) in [5.74, 6) is -1.43. The molecule has 0 bridgehead atoms. The topological polar surface area (TPSA) is 119 Å². The van der Waals surface area contributed by atoms with Crippen molar-refractivity contribution < 1.29 is 32.6 Å². The molecule has 0 aliphatic carbocycles. The van der Waals surface area contributed by atoms with Crippen molar-refractivity contribution in [2.75, 3.05) is 12.9 Å². The van der Waals surface area contributed by atoms with Crippen molar-refractivity contribution in [3.63, 3.8) is 0 Å². The van der Waals surface area contributed by atoms with E-state index in [9.17, 15) is 23.1 Å². The van der Waals surface area contributed by atoms with Gasteiger partial charge in [0.25, 0.3) is 0 Å². The zero-order valence-electron chi connectivity index (χ0n) is 18.8. The Hall–Kier alpha value is -1.81. The number of ether oxygens (including phenoxy) is 2. The minimum Gasteiger partial charge on any atom is -0.383 e. The number of amides is 1. The zero-order chi connectivity index (χ0) is 23.4. The predicted molar refractivity (Wildman–Crippen MR) is 115 cm³/mol. The fourth-order valence-corrected chi connectivity index (χ4v) is 3.94. The molecule has 1 fully saturated rings. The third kappa shape index (κ3) is 7.38. The van der Waals surface area contributed by atoms with Crippen LogP contribution in [0.1, 0.15) is 52.5 Å². The summed E-state index contributed by atoms with van der Waals surface area (Å²) in [7, 11) is -3.27. The number of sulfone groups is 1. The molecule has 1 aliphatic heterocycles. The first kappa shape index (κ1) is 25.5. The van der Waals surface area contributed by atoms with Crippen LogP contribution in [0.15, 0.2) is 29.2 Å². The third-order valence-corrected chi connectivity index (χ3v) is 6.35. The van der Waals surface area contributed by atoms with Crippen LogP contribution in [0.5, 0.6) is 0 Å². The first-order valence-electron chi connectivity index (χ1n) is 10.3. The van der Waals surface area contributed by atoms with Gasteiger partial charge in [0.05, 0.1) is 11.5 Å². The van der Waals surface area contributed by atoms with E-state index in [1.54, 1.807) is 26.0 Å². The summed E-state index contributed by atoms with van der Waals surface area (Å²) < 4.78 is 34.4. The number of nitrogens with one attached hydrogen (secondary N) is 1. The summed E-state index contributed by atoms with van der Waals surface area (Å²) in [4.78, 5) is 25.0. The first-order valence-corrected chi connectivity index (χ1v) is 12.2. The van der Waals surface area contributed by atoms with Gasteiger partial charge >= 0.3 is 0 Å². The Morgan fingerprint density at radius 3 is 2.39 bits per heavy atom. The molecule has 0 radical (unpaired) electrons. The van der Waals surface area contributed by atoms with Crippen molar-refractivity contribution in [2.24, 2.45) is 5.41 Å². The number of aliphatic hydroxyl groups excluding tert-OH is 1. The summed E-state index contributed by atoms with van der Waals surface area (Å²) in [6, 6.07) is 6.16. The molecule has 1 aromatic carbocycles. The van der Waals surface area contributed by atoms with Gasteiger partial charge in [0.2, 0.25) is 5.91 Å². The van der Waals surface area contributed by atoms with E-state index in [4.69, 9.17) is 9.47 Å². The molecular formula is C22H33NO7S. The van der Waals surface area contributed by atoms with Gasteiger partial charge in [-0.25, -0.2) is 8.42 Å². The maximum atomic E-state index is 12.7. The number of benzene rings is 1. The minimum absolute atomic E-state index is 0.0695. The molecule has 1 aliphatic rings. The molecule has 174 valence electrons. The van der Waals surface area contributed by atoms with Crippen LogP contribution in [0.3, 0.4) is 0 Å². The van der Waals surface area contributed by atoms with Crippen molar-refractivity contribution in [2.45, 2.75) is 76.4 Å². The molecule has 1 aromatic rings. The van der Waals surface area contributed by atoms with Crippen LogP contribution in [0.25, 0.3) is 0 Å². The van der Waals surface area contributed by atoms with E-state index in [-0.39, 0.29) is 30.1 Å². The van der Waals surface area contributed by atoms with Crippen LogP contribution in [0.4, 0.5) is 0 Å². The number of Topliss-reactive ketones (excluding diaryl/α,β-unsaturated/α-hetero) is 1. The smallest absolute Gasteiger partial charge is 0.249 e. The molecule has 1 amide bonds. The number of hydrogen-bond donors (Lipinski definition) is 2. The number of carbonyl (C=O) groups is 2. The van der Waals surface area contributed by atoms with E-state index in [2.05, 4.69) is 5.32 Å². The third-order valence-electron chi connectivity index (χ3n) is 5.22. The quantitative estimate of drug-likeness (QED) is 0.584. The lowest BCUT2D eigenvalue weighted by Gasteiger charge is -2.45. The molecule has 1 unspecified atom stereocenters. The van der Waals surface area contributed by atoms with Gasteiger partial charge in [-0.05, 0) is 44.4 Å². The normalized spacial score (nSPS) is 21.3. The van der Waals surface area contributed by atoms with Crippen molar-refractivity contribution in [3.8, 4) is 0 Å². The molecule has 2 N–H and O–H groups in total. The minimum atomic E-state index is -3.27. The van der Waals surface area contributed by atoms with E-state index in [1.807, 2.05) is 13.8 Å². The number of hydrogen-bond acceptors (Lipinski definition) is 7. The van der Waals surface area contributed by atoms with Crippen LogP contribution >= 0.6 is 0 Å². The van der Waals surface area contributed by atoms with Crippen LogP contribution in [0.2, 0.25) is 0 Å². The van der Waals surface area contributed by atoms with Crippen LogP contribution in [0, 0.1) is 5.41 Å². The highest BCUT2D eigenvalue weighted by Gasteiger charge is 2.45. The van der Waals surface area contributed by atoms with Crippen molar-refractivity contribution in [1.82, 2.24) is 5.32 Å². The maximum Gasteiger partial charge on any atom is 0.249 e. The van der Waals surface area contributed by atoms with Crippen molar-refractivity contribution in [1.29, 1.82) is 0 Å². The van der Waals surface area contributed by atoms with E-state index in [0.29, 0.717) is 18.6 Å². The van der Waals surface area contributed by atoms with Gasteiger partial charge in [-0.2, -0.15) is 0 Å². The summed E-state index contributed by atoms with van der Waals surface area (Å²) in [6.07, 6.45) is -0.00598. The Balaban J connectivity index is 1.78. The Bertz CT molecular complexity index is 891. The summed E-state index contributed by atoms with van der Waals surface area (Å²) in [6.45, 7) is 7.94. The Morgan fingerprint density at radius 2 is 1.81 bits per heavy atom. The van der Waals surface area contributed by atoms with E-state index in [1.165, 1.54) is 12.1 Å². The van der Waals surface area contributed by atoms with E-state index < -0.39 is 39.2 Å². The highest BCUT2D eigenvalue weighted by Crippen LogP contribution is 2.36. The largest absolute Gasteiger partial charge is 0.383 e. The van der Waals surface area contributed by atoms with Crippen molar-refractivity contribution in [3.05, 3.63) is 29.8 Å². The summed E-state index contributed by atoms with van der Waals surface area (Å²) in [5, 5.41) is 12.7. The molecule has 9 heteroatoms. The Labute approximate surface area is 184 Å². The second-order valence-corrected chi connectivity index (χ2v) is 11.2. The highest BCUT2D eigenvalue weighted by atomic mass is 32.2. The fourth-order valence-electron chi connectivity index (χ4n) is 3.31. The number of carbonyl (C=O) groups excluding carboxylic acids is 2. The van der Waals surface area contributed by atoms with Gasteiger partial charge < -0.3 is 19.9 Å². The molecule has 0 saturated carbocycles. The Morgan fingerprint density at radius 1 is 1.19 bits per heavy atom. The SMILES string of the molecule is CC1(C)OCC(C)(C)[C@H](C(=O)CCCC(O)C(=O)NCc2ccc(S(C)(=O)=O)cc2)O1. The lowest BCUT2D eigenvalue weighted by atomic mass is 9.82. The Kier molecular flexibility index (Phi) is 8.02. The van der Waals surface area contributed by atoms with Crippen LogP contribution in [-0.4, -0.2) is 56.1 Å². The first-order chi connectivity index (χ1) is 14.2. The molecule has 0 spiro atoms. The average molecular weight is 456 g/mol. The summed E-state index contributed by atoms with van der Waals surface area (Å²) >= 11 is 0. The van der Waals surface area contributed by atoms with E-state index in [0.717, 1.165) is 6.26 Å². The van der Waals surface area contributed by atoms with Gasteiger partial charge in [-0.15, -0.1) is 0 Å². The highest BCUT2D eigenvalue weighted by molar-refractivity contribution is 7.90. The van der Waals surface area contributed by atoms with Gasteiger partial charge in [0, 0.05) is 24.6 Å². The molecule has 1 heterocycles. The van der Waals surface area contributed by atoms with Gasteiger partial charge in [0.1, 0.15) is 12.2 Å². The average Bonchev–Trinajstić information content (AvgIpc) is 2.67. The number of aliphatic hydroxyl groups is 1. The lowest BCUT2D eigenvalue weighted by molar-refractivity contribution is -0.303. The lowest BCUT2D eigenvalue weighted by Crippen LogP contribution is -2.53. The van der Waals surface area contributed by atoms with Crippen molar-refractivity contribution >= 4 is 21.5 Å². The molecule has 0 aromatic heterocycles. The summed E-state index contributed by atoms with van der Waals surface area (Å²) in [5.41, 5.74) is 0.263. The monoisotopic (exact) mass is 455 g/mol. The number of ketones is 1. The van der Waals surface area contributed by atoms with Gasteiger partial charge in [-0.3, -0.25) is 9.59 Å². The van der Waals surface area contributed by atoms with E-state index >= 15 is 0 Å². The molecule has 1 saturated heterocycles. The molecule has 2 rings (SSSR count). The second-order valence-electron chi connectivity index (χ2n) is 9.18. The van der Waals surface area contributed by atoms with Crippen LogP contribution < -0.4 is 5.32 Å². The molecular weight excluding hydrogens is 422 g/mol. The number of rotatable bonds is 9.